The summed E-state index contributed by atoms with van der Waals surface area (Å²) in [4.78, 5) is 0. The molecule has 1 aromatic heterocycles. The van der Waals surface area contributed by atoms with Gasteiger partial charge in [0.15, 0.2) is 0 Å². The molecule has 0 saturated carbocycles. The maximum Gasteiger partial charge on any atom is 0.117 e. The largest absolute Gasteiger partial charge is 0.465 e. The topological polar surface area (TPSA) is 34.4 Å². The third-order valence-electron chi connectivity index (χ3n) is 2.63. The highest BCUT2D eigenvalue weighted by molar-refractivity contribution is 5.06. The fourth-order valence-corrected chi connectivity index (χ4v) is 1.48. The quantitative estimate of drug-likeness (QED) is 0.673. The second-order valence-corrected chi connectivity index (χ2v) is 4.69. The fraction of sp³-hybridized carbons (Fsp3) is 0.714. The molecule has 3 heteroatoms. The van der Waals surface area contributed by atoms with E-state index in [1.165, 1.54) is 0 Å². The Morgan fingerprint density at radius 3 is 2.65 bits per heavy atom. The molecule has 1 aromatic rings. The summed E-state index contributed by atoms with van der Waals surface area (Å²) < 4.78 is 11.1. The van der Waals surface area contributed by atoms with Gasteiger partial charge in [-0.05, 0) is 24.5 Å². The van der Waals surface area contributed by atoms with E-state index in [1.54, 1.807) is 0 Å². The van der Waals surface area contributed by atoms with Crippen LogP contribution in [0.4, 0.5) is 0 Å². The zero-order valence-electron chi connectivity index (χ0n) is 11.3. The van der Waals surface area contributed by atoms with Crippen molar-refractivity contribution in [3.63, 3.8) is 0 Å². The lowest BCUT2D eigenvalue weighted by molar-refractivity contribution is 0.125. The van der Waals surface area contributed by atoms with Crippen molar-refractivity contribution in [2.24, 2.45) is 5.92 Å². The molecule has 0 aliphatic carbocycles. The van der Waals surface area contributed by atoms with Crippen LogP contribution in [-0.2, 0) is 17.7 Å². The van der Waals surface area contributed by atoms with Gasteiger partial charge in [0.25, 0.3) is 0 Å². The maximum absolute atomic E-state index is 5.59. The van der Waals surface area contributed by atoms with Crippen LogP contribution in [-0.4, -0.2) is 19.8 Å². The first-order chi connectivity index (χ1) is 8.22. The number of hydrogen-bond acceptors (Lipinski definition) is 3. The molecule has 0 bridgehead atoms. The van der Waals surface area contributed by atoms with Crippen LogP contribution in [0.3, 0.4) is 0 Å². The zero-order chi connectivity index (χ0) is 12.5. The van der Waals surface area contributed by atoms with Gasteiger partial charge in [-0.1, -0.05) is 20.8 Å². The van der Waals surface area contributed by atoms with E-state index in [-0.39, 0.29) is 0 Å². The average molecular weight is 239 g/mol. The van der Waals surface area contributed by atoms with Crippen LogP contribution in [0.2, 0.25) is 0 Å². The molecule has 17 heavy (non-hydrogen) atoms. The first-order valence-electron chi connectivity index (χ1n) is 6.58. The minimum Gasteiger partial charge on any atom is -0.465 e. The zero-order valence-corrected chi connectivity index (χ0v) is 11.3. The minimum absolute atomic E-state index is 0.721. The van der Waals surface area contributed by atoms with Crippen molar-refractivity contribution in [3.8, 4) is 0 Å². The Bertz CT molecular complexity index is 294. The Morgan fingerprint density at radius 2 is 2.00 bits per heavy atom. The van der Waals surface area contributed by atoms with Crippen LogP contribution in [0.25, 0.3) is 0 Å². The third-order valence-corrected chi connectivity index (χ3v) is 2.63. The highest BCUT2D eigenvalue weighted by Gasteiger charge is 1.99. The first-order valence-corrected chi connectivity index (χ1v) is 6.58. The van der Waals surface area contributed by atoms with Crippen LogP contribution in [0.5, 0.6) is 0 Å². The number of aryl methyl sites for hydroxylation is 1. The molecular formula is C14H25NO2. The molecule has 1 rings (SSSR count). The summed E-state index contributed by atoms with van der Waals surface area (Å²) >= 11 is 0. The molecule has 0 aliphatic rings. The predicted octanol–water partition coefficient (Wildman–Crippen LogP) is 2.99. The molecule has 0 fully saturated rings. The van der Waals surface area contributed by atoms with Crippen molar-refractivity contribution >= 4 is 0 Å². The number of rotatable bonds is 9. The van der Waals surface area contributed by atoms with E-state index in [2.05, 4.69) is 26.1 Å². The molecule has 3 nitrogen and oxygen atoms in total. The van der Waals surface area contributed by atoms with Gasteiger partial charge in [-0.25, -0.2) is 0 Å². The molecule has 1 heterocycles. The summed E-state index contributed by atoms with van der Waals surface area (Å²) in [6, 6.07) is 4.07. The second kappa shape index (κ2) is 8.31. The lowest BCUT2D eigenvalue weighted by atomic mass is 10.1. The molecule has 0 aliphatic heterocycles. The highest BCUT2D eigenvalue weighted by Crippen LogP contribution is 2.07. The molecule has 1 N–H and O–H groups in total. The molecular weight excluding hydrogens is 214 g/mol. The van der Waals surface area contributed by atoms with Gasteiger partial charge < -0.3 is 14.5 Å². The standard InChI is InChI=1S/C14H25NO2/c1-4-13-5-6-14(17-13)11-15-8-10-16-9-7-12(2)3/h5-6,12,15H,4,7-11H2,1-3H3. The van der Waals surface area contributed by atoms with Crippen LogP contribution >= 0.6 is 0 Å². The predicted molar refractivity (Wildman–Crippen MR) is 70.1 cm³/mol. The van der Waals surface area contributed by atoms with Crippen molar-refractivity contribution < 1.29 is 9.15 Å². The normalized spacial score (nSPS) is 11.3. The van der Waals surface area contributed by atoms with Gasteiger partial charge in [-0.15, -0.1) is 0 Å². The van der Waals surface area contributed by atoms with Crippen LogP contribution in [0.1, 0.15) is 38.7 Å². The monoisotopic (exact) mass is 239 g/mol. The smallest absolute Gasteiger partial charge is 0.117 e. The number of hydrogen-bond donors (Lipinski definition) is 1. The third kappa shape index (κ3) is 6.49. The van der Waals surface area contributed by atoms with E-state index in [9.17, 15) is 0 Å². The Kier molecular flexibility index (Phi) is 6.97. The van der Waals surface area contributed by atoms with Crippen molar-refractivity contribution in [1.82, 2.24) is 5.32 Å². The molecule has 0 aromatic carbocycles. The number of nitrogens with one attached hydrogen (secondary N) is 1. The average Bonchev–Trinajstić information content (AvgIpc) is 2.75. The van der Waals surface area contributed by atoms with Crippen molar-refractivity contribution in [2.45, 2.75) is 40.2 Å². The SMILES string of the molecule is CCc1ccc(CNCCOCCC(C)C)o1. The lowest BCUT2D eigenvalue weighted by Crippen LogP contribution is -2.19. The molecule has 0 spiro atoms. The van der Waals surface area contributed by atoms with E-state index in [4.69, 9.17) is 9.15 Å². The van der Waals surface area contributed by atoms with Crippen LogP contribution in [0.15, 0.2) is 16.5 Å². The van der Waals surface area contributed by atoms with Gasteiger partial charge >= 0.3 is 0 Å². The molecule has 98 valence electrons. The van der Waals surface area contributed by atoms with E-state index in [0.29, 0.717) is 0 Å². The Labute approximate surface area is 105 Å². The Hall–Kier alpha value is -0.800. The van der Waals surface area contributed by atoms with Gasteiger partial charge in [0, 0.05) is 19.6 Å². The van der Waals surface area contributed by atoms with Crippen LogP contribution in [0, 0.1) is 5.92 Å². The van der Waals surface area contributed by atoms with Gasteiger partial charge in [0.2, 0.25) is 0 Å². The van der Waals surface area contributed by atoms with Crippen molar-refractivity contribution in [3.05, 3.63) is 23.7 Å². The van der Waals surface area contributed by atoms with E-state index < -0.39 is 0 Å². The second-order valence-electron chi connectivity index (χ2n) is 4.69. The summed E-state index contributed by atoms with van der Waals surface area (Å²) in [6.07, 6.45) is 2.09. The summed E-state index contributed by atoms with van der Waals surface area (Å²) in [5, 5.41) is 3.31. The maximum atomic E-state index is 5.59. The van der Waals surface area contributed by atoms with Crippen LogP contribution < -0.4 is 5.32 Å². The van der Waals surface area contributed by atoms with E-state index in [1.807, 2.05) is 12.1 Å². The van der Waals surface area contributed by atoms with Crippen molar-refractivity contribution in [2.75, 3.05) is 19.8 Å². The number of furan rings is 1. The van der Waals surface area contributed by atoms with E-state index in [0.717, 1.165) is 56.6 Å². The molecule has 0 saturated heterocycles. The van der Waals surface area contributed by atoms with Gasteiger partial charge in [0.05, 0.1) is 13.2 Å². The minimum atomic E-state index is 0.721. The van der Waals surface area contributed by atoms with Gasteiger partial charge in [-0.3, -0.25) is 0 Å². The molecule has 0 atom stereocenters. The molecule has 0 amide bonds. The Balaban J connectivity index is 1.97. The highest BCUT2D eigenvalue weighted by atomic mass is 16.5. The summed E-state index contributed by atoms with van der Waals surface area (Å²) in [5.74, 6) is 2.78. The Morgan fingerprint density at radius 1 is 1.24 bits per heavy atom. The molecule has 0 radical (unpaired) electrons. The fourth-order valence-electron chi connectivity index (χ4n) is 1.48. The summed E-state index contributed by atoms with van der Waals surface area (Å²) in [7, 11) is 0. The van der Waals surface area contributed by atoms with E-state index >= 15 is 0 Å². The summed E-state index contributed by atoms with van der Waals surface area (Å²) in [5.41, 5.74) is 0. The van der Waals surface area contributed by atoms with Gasteiger partial charge in [-0.2, -0.15) is 0 Å². The lowest BCUT2D eigenvalue weighted by Gasteiger charge is -2.06. The molecule has 0 unspecified atom stereocenters. The number of ether oxygens (including phenoxy) is 1. The van der Waals surface area contributed by atoms with Gasteiger partial charge in [0.1, 0.15) is 11.5 Å². The first kappa shape index (κ1) is 14.3. The summed E-state index contributed by atoms with van der Waals surface area (Å²) in [6.45, 7) is 9.81. The van der Waals surface area contributed by atoms with Crippen molar-refractivity contribution in [1.29, 1.82) is 0 Å².